The number of nitrogens with zero attached hydrogens (tertiary/aromatic N) is 2. The Morgan fingerprint density at radius 2 is 2.05 bits per heavy atom. The Labute approximate surface area is 132 Å². The molecule has 0 spiro atoms. The molecule has 0 fully saturated rings. The molecule has 0 aliphatic rings. The van der Waals surface area contributed by atoms with E-state index in [4.69, 9.17) is 4.42 Å². The van der Waals surface area contributed by atoms with Crippen LogP contribution < -0.4 is 0 Å². The lowest BCUT2D eigenvalue weighted by atomic mass is 10.2. The van der Waals surface area contributed by atoms with E-state index in [1.807, 2.05) is 36.7 Å². The lowest BCUT2D eigenvalue weighted by Gasteiger charge is -1.97. The molecule has 0 saturated heterocycles. The van der Waals surface area contributed by atoms with Crippen LogP contribution in [0.4, 0.5) is 0 Å². The Bertz CT molecular complexity index is 704. The van der Waals surface area contributed by atoms with Gasteiger partial charge in [-0.1, -0.05) is 38.1 Å². The smallest absolute Gasteiger partial charge is 0.204 e. The number of rotatable bonds is 5. The normalized spacial score (nSPS) is 11.2. The number of aromatic nitrogens is 2. The summed E-state index contributed by atoms with van der Waals surface area (Å²) in [5, 5.41) is 1.03. The van der Waals surface area contributed by atoms with E-state index in [0.29, 0.717) is 5.92 Å². The Kier molecular flexibility index (Phi) is 4.41. The largest absolute Gasteiger partial charge is 0.445 e. The van der Waals surface area contributed by atoms with Gasteiger partial charge in [-0.2, -0.15) is 0 Å². The summed E-state index contributed by atoms with van der Waals surface area (Å²) in [7, 11) is 0. The number of benzene rings is 1. The van der Waals surface area contributed by atoms with Gasteiger partial charge in [0.15, 0.2) is 0 Å². The average molecular weight is 315 g/mol. The van der Waals surface area contributed by atoms with E-state index in [-0.39, 0.29) is 0 Å². The van der Waals surface area contributed by atoms with Crippen LogP contribution in [0.5, 0.6) is 0 Å². The molecule has 0 unspecified atom stereocenters. The lowest BCUT2D eigenvalue weighted by Crippen LogP contribution is -1.81. The minimum atomic E-state index is 0.376. The Balaban J connectivity index is 1.65. The molecule has 0 aliphatic heterocycles. The van der Waals surface area contributed by atoms with Crippen molar-refractivity contribution < 1.29 is 4.42 Å². The van der Waals surface area contributed by atoms with Gasteiger partial charge in [-0.15, -0.1) is 23.1 Å². The van der Waals surface area contributed by atoms with Gasteiger partial charge in [0.05, 0.1) is 22.4 Å². The predicted octanol–water partition coefficient (Wildman–Crippen LogP) is 5.01. The minimum absolute atomic E-state index is 0.376. The third-order valence-electron chi connectivity index (χ3n) is 2.93. The highest BCUT2D eigenvalue weighted by molar-refractivity contribution is 8.00. The fourth-order valence-electron chi connectivity index (χ4n) is 1.78. The number of hydrogen-bond acceptors (Lipinski definition) is 5. The molecule has 21 heavy (non-hydrogen) atoms. The maximum absolute atomic E-state index is 5.71. The van der Waals surface area contributed by atoms with Gasteiger partial charge < -0.3 is 4.42 Å². The fourth-order valence-corrected chi connectivity index (χ4v) is 3.61. The first-order chi connectivity index (χ1) is 10.2. The molecule has 3 aromatic rings. The molecule has 3 nitrogen and oxygen atoms in total. The second-order valence-electron chi connectivity index (χ2n) is 4.87. The summed E-state index contributed by atoms with van der Waals surface area (Å²) in [5.41, 5.74) is 1.13. The van der Waals surface area contributed by atoms with Crippen LogP contribution in [0, 0.1) is 6.07 Å². The average Bonchev–Trinajstić information content (AvgIpc) is 3.15. The van der Waals surface area contributed by atoms with E-state index in [2.05, 4.69) is 29.9 Å². The summed E-state index contributed by atoms with van der Waals surface area (Å²) in [4.78, 5) is 8.77. The molecule has 3 rings (SSSR count). The van der Waals surface area contributed by atoms with E-state index in [1.54, 1.807) is 23.1 Å². The van der Waals surface area contributed by atoms with Crippen LogP contribution in [0.1, 0.15) is 31.4 Å². The highest BCUT2D eigenvalue weighted by atomic mass is 32.2. The summed E-state index contributed by atoms with van der Waals surface area (Å²) >= 11 is 3.39. The summed E-state index contributed by atoms with van der Waals surface area (Å²) < 4.78 is 6.88. The van der Waals surface area contributed by atoms with Gasteiger partial charge in [0.1, 0.15) is 10.8 Å². The van der Waals surface area contributed by atoms with Gasteiger partial charge in [0.25, 0.3) is 0 Å². The SMILES string of the molecule is CC(C)c1cnc(CSc2cnc(-c3cc[c]cc3)s2)o1. The van der Waals surface area contributed by atoms with Crippen molar-refractivity contribution in [1.82, 2.24) is 9.97 Å². The van der Waals surface area contributed by atoms with Gasteiger partial charge >= 0.3 is 0 Å². The summed E-state index contributed by atoms with van der Waals surface area (Å²) in [6.45, 7) is 4.20. The van der Waals surface area contributed by atoms with Crippen molar-refractivity contribution in [2.24, 2.45) is 0 Å². The fraction of sp³-hybridized carbons (Fsp3) is 0.250. The third kappa shape index (κ3) is 3.54. The van der Waals surface area contributed by atoms with Gasteiger partial charge in [-0.05, 0) is 6.07 Å². The number of oxazole rings is 1. The molecule has 5 heteroatoms. The van der Waals surface area contributed by atoms with Gasteiger partial charge in [0.2, 0.25) is 5.89 Å². The molecule has 2 aromatic heterocycles. The molecule has 2 heterocycles. The number of thiazole rings is 1. The summed E-state index contributed by atoms with van der Waals surface area (Å²) in [6.07, 6.45) is 3.73. The van der Waals surface area contributed by atoms with Crippen molar-refractivity contribution in [3.63, 3.8) is 0 Å². The zero-order valence-electron chi connectivity index (χ0n) is 11.9. The molecule has 0 aliphatic carbocycles. The van der Waals surface area contributed by atoms with Crippen LogP contribution in [0.15, 0.2) is 45.3 Å². The van der Waals surface area contributed by atoms with E-state index in [9.17, 15) is 0 Å². The van der Waals surface area contributed by atoms with Crippen LogP contribution in [-0.2, 0) is 5.75 Å². The van der Waals surface area contributed by atoms with E-state index in [0.717, 1.165) is 28.0 Å². The minimum Gasteiger partial charge on any atom is -0.445 e. The zero-order valence-corrected chi connectivity index (χ0v) is 13.5. The maximum Gasteiger partial charge on any atom is 0.204 e. The highest BCUT2D eigenvalue weighted by Gasteiger charge is 2.09. The monoisotopic (exact) mass is 315 g/mol. The van der Waals surface area contributed by atoms with Crippen molar-refractivity contribution >= 4 is 23.1 Å². The van der Waals surface area contributed by atoms with Crippen molar-refractivity contribution in [2.75, 3.05) is 0 Å². The molecule has 0 N–H and O–H groups in total. The quantitative estimate of drug-likeness (QED) is 0.620. The lowest BCUT2D eigenvalue weighted by molar-refractivity contribution is 0.454. The van der Waals surface area contributed by atoms with E-state index >= 15 is 0 Å². The van der Waals surface area contributed by atoms with Crippen LogP contribution in [0.2, 0.25) is 0 Å². The van der Waals surface area contributed by atoms with Gasteiger partial charge in [0, 0.05) is 11.5 Å². The first-order valence-electron chi connectivity index (χ1n) is 6.72. The van der Waals surface area contributed by atoms with E-state index < -0.39 is 0 Å². The molecule has 0 atom stereocenters. The Morgan fingerprint density at radius 3 is 2.76 bits per heavy atom. The standard InChI is InChI=1S/C16H15N2OS2/c1-11(2)13-8-17-14(19-13)10-20-15-9-18-16(21-15)12-6-4-3-5-7-12/h4-9,11H,10H2,1-2H3. The molecule has 0 bridgehead atoms. The molecule has 107 valence electrons. The molecule has 1 aromatic carbocycles. The van der Waals surface area contributed by atoms with Gasteiger partial charge in [-0.25, -0.2) is 9.97 Å². The third-order valence-corrected chi connectivity index (χ3v) is 5.15. The van der Waals surface area contributed by atoms with Crippen molar-refractivity contribution in [3.8, 4) is 10.6 Å². The second-order valence-corrected chi connectivity index (χ2v) is 7.18. The zero-order chi connectivity index (χ0) is 14.7. The van der Waals surface area contributed by atoms with Crippen LogP contribution in [-0.4, -0.2) is 9.97 Å². The Hall–Kier alpha value is -1.59. The summed E-state index contributed by atoms with van der Waals surface area (Å²) in [5.74, 6) is 2.82. The topological polar surface area (TPSA) is 38.9 Å². The van der Waals surface area contributed by atoms with Crippen LogP contribution in [0.25, 0.3) is 10.6 Å². The highest BCUT2D eigenvalue weighted by Crippen LogP contribution is 2.33. The van der Waals surface area contributed by atoms with E-state index in [1.165, 1.54) is 4.21 Å². The molecular formula is C16H15N2OS2. The maximum atomic E-state index is 5.71. The first kappa shape index (κ1) is 14.4. The predicted molar refractivity (Wildman–Crippen MR) is 86.5 cm³/mol. The Morgan fingerprint density at radius 1 is 1.24 bits per heavy atom. The first-order valence-corrected chi connectivity index (χ1v) is 8.52. The molecule has 0 saturated carbocycles. The number of thioether (sulfide) groups is 1. The number of hydrogen-bond donors (Lipinski definition) is 0. The summed E-state index contributed by atoms with van der Waals surface area (Å²) in [6, 6.07) is 10.9. The molecule has 0 amide bonds. The van der Waals surface area contributed by atoms with Crippen molar-refractivity contribution in [2.45, 2.75) is 29.7 Å². The van der Waals surface area contributed by atoms with Gasteiger partial charge in [-0.3, -0.25) is 0 Å². The van der Waals surface area contributed by atoms with Crippen LogP contribution >= 0.6 is 23.1 Å². The van der Waals surface area contributed by atoms with Crippen molar-refractivity contribution in [3.05, 3.63) is 54.4 Å². The van der Waals surface area contributed by atoms with Crippen LogP contribution in [0.3, 0.4) is 0 Å². The molecule has 1 radical (unpaired) electrons. The second kappa shape index (κ2) is 6.45. The molecular weight excluding hydrogens is 300 g/mol. The van der Waals surface area contributed by atoms with Crippen molar-refractivity contribution in [1.29, 1.82) is 0 Å².